The average Bonchev–Trinajstić information content (AvgIpc) is 2.15. The first-order valence-corrected chi connectivity index (χ1v) is 5.08. The zero-order valence-electron chi connectivity index (χ0n) is 8.01. The third kappa shape index (κ3) is 3.14. The van der Waals surface area contributed by atoms with Gasteiger partial charge in [-0.3, -0.25) is 4.79 Å². The molecule has 7 heteroatoms. The molecule has 1 aromatic rings. The van der Waals surface area contributed by atoms with Gasteiger partial charge in [-0.1, -0.05) is 15.9 Å². The Labute approximate surface area is 98.6 Å². The smallest absolute Gasteiger partial charge is 0.322 e. The average molecular weight is 295 g/mol. The van der Waals surface area contributed by atoms with Gasteiger partial charge in [0, 0.05) is 11.0 Å². The van der Waals surface area contributed by atoms with E-state index >= 15 is 0 Å². The molecule has 0 heterocycles. The van der Waals surface area contributed by atoms with E-state index in [4.69, 9.17) is 10.8 Å². The first-order chi connectivity index (χ1) is 7.41. The molecule has 0 aliphatic carbocycles. The molecule has 1 atom stereocenters. The number of hydrogen-bond acceptors (Lipinski definition) is 3. The second-order valence-electron chi connectivity index (χ2n) is 3.07. The molecule has 16 heavy (non-hydrogen) atoms. The summed E-state index contributed by atoms with van der Waals surface area (Å²) in [7, 11) is 0. The fourth-order valence-corrected chi connectivity index (χ4v) is 1.41. The Kier molecular flexibility index (Phi) is 4.19. The SMILES string of the molecule is NC(CNc1c(F)cc(Br)cc1F)C(=O)O. The normalized spacial score (nSPS) is 12.2. The van der Waals surface area contributed by atoms with Crippen LogP contribution in [-0.2, 0) is 4.79 Å². The molecule has 0 aliphatic heterocycles. The number of nitrogens with two attached hydrogens (primary N) is 1. The van der Waals surface area contributed by atoms with Crippen LogP contribution in [0.1, 0.15) is 0 Å². The van der Waals surface area contributed by atoms with Crippen LogP contribution < -0.4 is 11.1 Å². The monoisotopic (exact) mass is 294 g/mol. The molecular formula is C9H9BrF2N2O2. The van der Waals surface area contributed by atoms with Gasteiger partial charge in [-0.05, 0) is 12.1 Å². The number of halogens is 3. The minimum Gasteiger partial charge on any atom is -0.480 e. The summed E-state index contributed by atoms with van der Waals surface area (Å²) in [6, 6.07) is 0.914. The molecule has 1 rings (SSSR count). The van der Waals surface area contributed by atoms with Crippen LogP contribution in [-0.4, -0.2) is 23.7 Å². The maximum atomic E-state index is 13.2. The molecule has 0 aliphatic rings. The summed E-state index contributed by atoms with van der Waals surface area (Å²) in [6.07, 6.45) is 0. The molecule has 0 spiro atoms. The number of carboxylic acids is 1. The van der Waals surface area contributed by atoms with Gasteiger partial charge in [0.25, 0.3) is 0 Å². The fourth-order valence-electron chi connectivity index (χ4n) is 1.01. The summed E-state index contributed by atoms with van der Waals surface area (Å²) in [5.74, 6) is -2.88. The van der Waals surface area contributed by atoms with Crippen LogP contribution in [0, 0.1) is 11.6 Å². The van der Waals surface area contributed by atoms with E-state index in [2.05, 4.69) is 21.2 Å². The Balaban J connectivity index is 2.78. The molecule has 0 aromatic heterocycles. The first kappa shape index (κ1) is 12.9. The van der Waals surface area contributed by atoms with E-state index in [0.29, 0.717) is 0 Å². The second kappa shape index (κ2) is 5.22. The van der Waals surface area contributed by atoms with Crippen molar-refractivity contribution in [2.75, 3.05) is 11.9 Å². The zero-order valence-corrected chi connectivity index (χ0v) is 9.59. The van der Waals surface area contributed by atoms with E-state index in [1.54, 1.807) is 0 Å². The van der Waals surface area contributed by atoms with Gasteiger partial charge in [0.05, 0.1) is 0 Å². The number of aliphatic carboxylic acids is 1. The van der Waals surface area contributed by atoms with Gasteiger partial charge in [0.1, 0.15) is 23.4 Å². The Morgan fingerprint density at radius 2 is 2.00 bits per heavy atom. The van der Waals surface area contributed by atoms with Gasteiger partial charge in [-0.15, -0.1) is 0 Å². The highest BCUT2D eigenvalue weighted by atomic mass is 79.9. The van der Waals surface area contributed by atoms with Crippen LogP contribution in [0.15, 0.2) is 16.6 Å². The Bertz CT molecular complexity index is 391. The summed E-state index contributed by atoms with van der Waals surface area (Å²) >= 11 is 2.92. The van der Waals surface area contributed by atoms with E-state index in [1.807, 2.05) is 0 Å². The van der Waals surface area contributed by atoms with E-state index in [-0.39, 0.29) is 16.7 Å². The summed E-state index contributed by atoms with van der Waals surface area (Å²) in [6.45, 7) is -0.259. The standard InChI is InChI=1S/C9H9BrF2N2O2/c10-4-1-5(11)8(6(12)2-4)14-3-7(13)9(15)16/h1-2,7,14H,3,13H2,(H,15,16). The molecule has 0 radical (unpaired) electrons. The van der Waals surface area contributed by atoms with Crippen LogP contribution in [0.5, 0.6) is 0 Å². The molecule has 4 nitrogen and oxygen atoms in total. The summed E-state index contributed by atoms with van der Waals surface area (Å²) < 4.78 is 26.7. The van der Waals surface area contributed by atoms with Crippen molar-refractivity contribution in [3.05, 3.63) is 28.2 Å². The highest BCUT2D eigenvalue weighted by Crippen LogP contribution is 2.23. The lowest BCUT2D eigenvalue weighted by atomic mass is 10.2. The minimum atomic E-state index is -1.24. The number of nitrogens with one attached hydrogen (secondary N) is 1. The molecule has 0 bridgehead atoms. The van der Waals surface area contributed by atoms with Crippen molar-refractivity contribution in [1.82, 2.24) is 0 Å². The highest BCUT2D eigenvalue weighted by Gasteiger charge is 2.14. The molecule has 1 unspecified atom stereocenters. The minimum absolute atomic E-state index is 0.259. The Morgan fingerprint density at radius 3 is 2.44 bits per heavy atom. The summed E-state index contributed by atoms with van der Waals surface area (Å²) in [4.78, 5) is 10.4. The van der Waals surface area contributed by atoms with Gasteiger partial charge in [-0.25, -0.2) is 8.78 Å². The Morgan fingerprint density at radius 1 is 1.50 bits per heavy atom. The molecule has 0 fully saturated rings. The number of carbonyl (C=O) groups is 1. The summed E-state index contributed by atoms with van der Waals surface area (Å²) in [5.41, 5.74) is 4.79. The number of carboxylic acid groups (broad SMARTS) is 1. The van der Waals surface area contributed by atoms with Crippen molar-refractivity contribution in [3.63, 3.8) is 0 Å². The number of rotatable bonds is 4. The highest BCUT2D eigenvalue weighted by molar-refractivity contribution is 9.10. The van der Waals surface area contributed by atoms with Gasteiger partial charge in [0.2, 0.25) is 0 Å². The number of benzene rings is 1. The van der Waals surface area contributed by atoms with E-state index in [9.17, 15) is 13.6 Å². The third-order valence-electron chi connectivity index (χ3n) is 1.82. The Hall–Kier alpha value is -1.21. The zero-order chi connectivity index (χ0) is 12.3. The van der Waals surface area contributed by atoms with Gasteiger partial charge < -0.3 is 16.2 Å². The van der Waals surface area contributed by atoms with Gasteiger partial charge in [0.15, 0.2) is 0 Å². The largest absolute Gasteiger partial charge is 0.480 e. The van der Waals surface area contributed by atoms with Crippen molar-refractivity contribution in [3.8, 4) is 0 Å². The van der Waals surface area contributed by atoms with Crippen LogP contribution in [0.3, 0.4) is 0 Å². The van der Waals surface area contributed by atoms with Crippen LogP contribution in [0.25, 0.3) is 0 Å². The van der Waals surface area contributed by atoms with Crippen LogP contribution in [0.2, 0.25) is 0 Å². The van der Waals surface area contributed by atoms with E-state index in [1.165, 1.54) is 0 Å². The maximum Gasteiger partial charge on any atom is 0.322 e. The number of hydrogen-bond donors (Lipinski definition) is 3. The summed E-state index contributed by atoms with van der Waals surface area (Å²) in [5, 5.41) is 10.8. The molecule has 1 aromatic carbocycles. The van der Waals surface area contributed by atoms with Gasteiger partial charge in [-0.2, -0.15) is 0 Å². The molecule has 0 saturated heterocycles. The fraction of sp³-hybridized carbons (Fsp3) is 0.222. The molecule has 0 saturated carbocycles. The lowest BCUT2D eigenvalue weighted by molar-refractivity contribution is -0.138. The van der Waals surface area contributed by atoms with Crippen molar-refractivity contribution < 1.29 is 18.7 Å². The van der Waals surface area contributed by atoms with Crippen LogP contribution >= 0.6 is 15.9 Å². The molecule has 88 valence electrons. The molecule has 4 N–H and O–H groups in total. The second-order valence-corrected chi connectivity index (χ2v) is 3.99. The lowest BCUT2D eigenvalue weighted by Gasteiger charge is -2.11. The molecular weight excluding hydrogens is 286 g/mol. The van der Waals surface area contributed by atoms with Crippen molar-refractivity contribution in [2.24, 2.45) is 5.73 Å². The lowest BCUT2D eigenvalue weighted by Crippen LogP contribution is -2.37. The topological polar surface area (TPSA) is 75.3 Å². The van der Waals surface area contributed by atoms with E-state index in [0.717, 1.165) is 12.1 Å². The van der Waals surface area contributed by atoms with Crippen LogP contribution in [0.4, 0.5) is 14.5 Å². The number of anilines is 1. The first-order valence-electron chi connectivity index (χ1n) is 4.28. The molecule has 0 amide bonds. The predicted octanol–water partition coefficient (Wildman–Crippen LogP) is 1.55. The van der Waals surface area contributed by atoms with Crippen molar-refractivity contribution in [2.45, 2.75) is 6.04 Å². The van der Waals surface area contributed by atoms with Gasteiger partial charge >= 0.3 is 5.97 Å². The maximum absolute atomic E-state index is 13.2. The quantitative estimate of drug-likeness (QED) is 0.788. The predicted molar refractivity (Wildman–Crippen MR) is 58.2 cm³/mol. The van der Waals surface area contributed by atoms with Crippen molar-refractivity contribution >= 4 is 27.6 Å². The van der Waals surface area contributed by atoms with Crippen molar-refractivity contribution in [1.29, 1.82) is 0 Å². The van der Waals surface area contributed by atoms with E-state index < -0.39 is 23.6 Å². The third-order valence-corrected chi connectivity index (χ3v) is 2.28.